The molecular weight excluding hydrogens is 464 g/mol. The first-order valence-corrected chi connectivity index (χ1v) is 11.4. The first-order valence-electron chi connectivity index (χ1n) is 9.78. The van der Waals surface area contributed by atoms with E-state index in [1.54, 1.807) is 0 Å². The average Bonchev–Trinajstić information content (AvgIpc) is 3.21. The van der Waals surface area contributed by atoms with Crippen molar-refractivity contribution in [1.82, 2.24) is 9.47 Å². The summed E-state index contributed by atoms with van der Waals surface area (Å²) in [5.74, 6) is 0.622. The predicted molar refractivity (Wildman–Crippen MR) is 125 cm³/mol. The van der Waals surface area contributed by atoms with E-state index in [0.29, 0.717) is 24.6 Å². The van der Waals surface area contributed by atoms with Crippen LogP contribution in [0.1, 0.15) is 18.9 Å². The molecule has 0 spiro atoms. The molecule has 30 heavy (non-hydrogen) atoms. The number of halogens is 1. The normalized spacial score (nSPS) is 15.5. The van der Waals surface area contributed by atoms with Crippen molar-refractivity contribution in [3.63, 3.8) is 0 Å². The van der Waals surface area contributed by atoms with Crippen LogP contribution in [0, 0.1) is 0 Å². The van der Waals surface area contributed by atoms with E-state index in [4.69, 9.17) is 4.74 Å². The number of carbonyl (C=O) groups is 2. The lowest BCUT2D eigenvalue weighted by Crippen LogP contribution is -2.28. The number of benzene rings is 2. The second-order valence-electron chi connectivity index (χ2n) is 6.93. The van der Waals surface area contributed by atoms with Crippen LogP contribution in [0.2, 0.25) is 0 Å². The number of carbonyl (C=O) groups excluding carboxylic acids is 2. The Labute approximate surface area is 187 Å². The zero-order valence-corrected chi connectivity index (χ0v) is 18.9. The Hall–Kier alpha value is -2.51. The third-order valence-electron chi connectivity index (χ3n) is 4.83. The first kappa shape index (κ1) is 20.8. The van der Waals surface area contributed by atoms with Crippen LogP contribution in [-0.4, -0.2) is 33.8 Å². The Morgan fingerprint density at radius 2 is 1.90 bits per heavy atom. The van der Waals surface area contributed by atoms with Gasteiger partial charge in [-0.3, -0.25) is 14.5 Å². The molecule has 0 unspecified atom stereocenters. The van der Waals surface area contributed by atoms with Crippen molar-refractivity contribution in [2.75, 3.05) is 13.2 Å². The van der Waals surface area contributed by atoms with Crippen molar-refractivity contribution in [3.8, 4) is 5.75 Å². The van der Waals surface area contributed by atoms with Crippen LogP contribution in [-0.2, 0) is 11.3 Å². The van der Waals surface area contributed by atoms with E-state index in [9.17, 15) is 9.59 Å². The standard InChI is InChI=1S/C23H21BrN2O3S/c1-2-10-26-22(27)21(30-23(26)28)13-16-15-25(20-9-8-17(24)14-19(16)20)11-12-29-18-6-4-3-5-7-18/h3-9,13-15H,2,10-12H2,1H3/b21-13-. The van der Waals surface area contributed by atoms with Crippen LogP contribution >= 0.6 is 27.7 Å². The summed E-state index contributed by atoms with van der Waals surface area (Å²) in [5.41, 5.74) is 1.96. The van der Waals surface area contributed by atoms with E-state index >= 15 is 0 Å². The number of hydrogen-bond donors (Lipinski definition) is 0. The Bertz CT molecular complexity index is 1120. The monoisotopic (exact) mass is 484 g/mol. The molecule has 4 rings (SSSR count). The van der Waals surface area contributed by atoms with Gasteiger partial charge in [0.1, 0.15) is 12.4 Å². The lowest BCUT2D eigenvalue weighted by Gasteiger charge is -2.09. The van der Waals surface area contributed by atoms with E-state index in [2.05, 4.69) is 20.5 Å². The molecule has 1 aliphatic rings. The number of hydrogen-bond acceptors (Lipinski definition) is 4. The number of aromatic nitrogens is 1. The van der Waals surface area contributed by atoms with Gasteiger partial charge >= 0.3 is 0 Å². The Morgan fingerprint density at radius 3 is 2.67 bits per heavy atom. The zero-order chi connectivity index (χ0) is 21.1. The fourth-order valence-corrected chi connectivity index (χ4v) is 4.65. The molecule has 1 aromatic heterocycles. The fourth-order valence-electron chi connectivity index (χ4n) is 3.43. The molecule has 0 aliphatic carbocycles. The Morgan fingerprint density at radius 1 is 1.10 bits per heavy atom. The summed E-state index contributed by atoms with van der Waals surface area (Å²) in [6.45, 7) is 3.59. The third-order valence-corrected chi connectivity index (χ3v) is 6.23. The van der Waals surface area contributed by atoms with E-state index in [1.807, 2.05) is 67.7 Å². The number of fused-ring (bicyclic) bond motifs is 1. The maximum absolute atomic E-state index is 12.6. The highest BCUT2D eigenvalue weighted by Crippen LogP contribution is 2.34. The Kier molecular flexibility index (Phi) is 6.29. The van der Waals surface area contributed by atoms with Gasteiger partial charge in [0.25, 0.3) is 11.1 Å². The van der Waals surface area contributed by atoms with Gasteiger partial charge in [-0.25, -0.2) is 0 Å². The molecule has 0 N–H and O–H groups in total. The summed E-state index contributed by atoms with van der Waals surface area (Å²) in [6.07, 6.45) is 4.59. The summed E-state index contributed by atoms with van der Waals surface area (Å²) in [5, 5.41) is 0.820. The summed E-state index contributed by atoms with van der Waals surface area (Å²) < 4.78 is 8.92. The van der Waals surface area contributed by atoms with E-state index in [-0.39, 0.29) is 11.1 Å². The summed E-state index contributed by atoms with van der Waals surface area (Å²) in [6, 6.07) is 15.8. The third kappa shape index (κ3) is 4.32. The highest BCUT2D eigenvalue weighted by atomic mass is 79.9. The molecule has 1 fully saturated rings. The number of nitrogens with zero attached hydrogens (tertiary/aromatic N) is 2. The highest BCUT2D eigenvalue weighted by Gasteiger charge is 2.34. The summed E-state index contributed by atoms with van der Waals surface area (Å²) in [7, 11) is 0. The Balaban J connectivity index is 1.61. The molecule has 1 saturated heterocycles. The summed E-state index contributed by atoms with van der Waals surface area (Å²) in [4.78, 5) is 26.6. The number of amides is 2. The van der Waals surface area contributed by atoms with Crippen LogP contribution in [0.25, 0.3) is 17.0 Å². The van der Waals surface area contributed by atoms with E-state index in [1.165, 1.54) is 4.90 Å². The van der Waals surface area contributed by atoms with E-state index < -0.39 is 0 Å². The maximum atomic E-state index is 12.6. The van der Waals surface area contributed by atoms with Crippen molar-refractivity contribution in [3.05, 3.63) is 69.7 Å². The minimum atomic E-state index is -0.213. The van der Waals surface area contributed by atoms with Crippen molar-refractivity contribution < 1.29 is 14.3 Å². The molecule has 0 radical (unpaired) electrons. The van der Waals surface area contributed by atoms with Crippen molar-refractivity contribution >= 4 is 55.8 Å². The topological polar surface area (TPSA) is 51.5 Å². The van der Waals surface area contributed by atoms with Crippen LogP contribution < -0.4 is 4.74 Å². The molecule has 1 aliphatic heterocycles. The second kappa shape index (κ2) is 9.10. The lowest BCUT2D eigenvalue weighted by molar-refractivity contribution is -0.122. The molecule has 0 bridgehead atoms. The van der Waals surface area contributed by atoms with Crippen molar-refractivity contribution in [2.45, 2.75) is 19.9 Å². The van der Waals surface area contributed by atoms with Gasteiger partial charge in [0.15, 0.2) is 0 Å². The molecule has 0 saturated carbocycles. The van der Waals surface area contributed by atoms with Crippen molar-refractivity contribution in [2.24, 2.45) is 0 Å². The smallest absolute Gasteiger partial charge is 0.293 e. The van der Waals surface area contributed by atoms with Gasteiger partial charge in [-0.15, -0.1) is 0 Å². The largest absolute Gasteiger partial charge is 0.492 e. The number of ether oxygens (including phenoxy) is 1. The van der Waals surface area contributed by atoms with Gasteiger partial charge in [-0.05, 0) is 54.6 Å². The minimum absolute atomic E-state index is 0.200. The molecule has 2 heterocycles. The van der Waals surface area contributed by atoms with Gasteiger partial charge in [0.05, 0.1) is 11.4 Å². The SMILES string of the molecule is CCCN1C(=O)S/C(=C\c2cn(CCOc3ccccc3)c3ccc(Br)cc23)C1=O. The lowest BCUT2D eigenvalue weighted by atomic mass is 10.1. The molecule has 0 atom stereocenters. The molecule has 7 heteroatoms. The van der Waals surface area contributed by atoms with E-state index in [0.717, 1.165) is 44.9 Å². The van der Waals surface area contributed by atoms with Gasteiger partial charge < -0.3 is 9.30 Å². The molecule has 3 aromatic rings. The van der Waals surface area contributed by atoms with Gasteiger partial charge in [0, 0.05) is 33.7 Å². The highest BCUT2D eigenvalue weighted by molar-refractivity contribution is 9.10. The number of rotatable bonds is 7. The number of imide groups is 1. The average molecular weight is 485 g/mol. The number of para-hydroxylation sites is 1. The predicted octanol–water partition coefficient (Wildman–Crippen LogP) is 5.93. The van der Waals surface area contributed by atoms with Gasteiger partial charge in [-0.1, -0.05) is 41.1 Å². The molecule has 154 valence electrons. The van der Waals surface area contributed by atoms with Crippen LogP contribution in [0.5, 0.6) is 5.75 Å². The van der Waals surface area contributed by atoms with Gasteiger partial charge in [0.2, 0.25) is 0 Å². The zero-order valence-electron chi connectivity index (χ0n) is 16.5. The maximum Gasteiger partial charge on any atom is 0.293 e. The quantitative estimate of drug-likeness (QED) is 0.390. The second-order valence-corrected chi connectivity index (χ2v) is 8.84. The minimum Gasteiger partial charge on any atom is -0.492 e. The van der Waals surface area contributed by atoms with Gasteiger partial charge in [-0.2, -0.15) is 0 Å². The molecule has 5 nitrogen and oxygen atoms in total. The van der Waals surface area contributed by atoms with Crippen LogP contribution in [0.15, 0.2) is 64.1 Å². The van der Waals surface area contributed by atoms with Crippen molar-refractivity contribution in [1.29, 1.82) is 0 Å². The van der Waals surface area contributed by atoms with Crippen LogP contribution in [0.3, 0.4) is 0 Å². The summed E-state index contributed by atoms with van der Waals surface area (Å²) >= 11 is 4.54. The van der Waals surface area contributed by atoms with Crippen LogP contribution in [0.4, 0.5) is 4.79 Å². The fraction of sp³-hybridized carbons (Fsp3) is 0.217. The molecule has 2 amide bonds. The first-order chi connectivity index (χ1) is 14.6. The number of thioether (sulfide) groups is 1. The molecular formula is C23H21BrN2O3S. The molecule has 2 aromatic carbocycles.